The fraction of sp³-hybridized carbons (Fsp3) is 0.316. The fourth-order valence-corrected chi connectivity index (χ4v) is 3.88. The van der Waals surface area contributed by atoms with Crippen molar-refractivity contribution in [2.75, 3.05) is 30.1 Å². The van der Waals surface area contributed by atoms with Crippen LogP contribution >= 0.6 is 11.6 Å². The lowest BCUT2D eigenvalue weighted by Gasteiger charge is -2.32. The number of anilines is 2. The fourth-order valence-electron chi connectivity index (χ4n) is 3.68. The molecule has 2 aromatic heterocycles. The van der Waals surface area contributed by atoms with Gasteiger partial charge in [0.15, 0.2) is 17.1 Å². The molecule has 1 unspecified atom stereocenters. The lowest BCUT2D eigenvalue weighted by Crippen LogP contribution is -2.41. The minimum Gasteiger partial charge on any atom is -0.454 e. The van der Waals surface area contributed by atoms with E-state index in [1.807, 2.05) is 22.7 Å². The van der Waals surface area contributed by atoms with Crippen molar-refractivity contribution in [3.05, 3.63) is 41.6 Å². The number of benzene rings is 1. The molecule has 2 aliphatic heterocycles. The molecule has 1 fully saturated rings. The Balaban J connectivity index is 1.32. The Bertz CT molecular complexity index is 1050. The molecular weight excluding hydrogens is 382 g/mol. The molecule has 1 aromatic carbocycles. The average molecular weight is 400 g/mol. The molecular formula is C19H18ClN5O3. The Kier molecular flexibility index (Phi) is 4.20. The van der Waals surface area contributed by atoms with Gasteiger partial charge in [-0.25, -0.2) is 0 Å². The van der Waals surface area contributed by atoms with E-state index in [4.69, 9.17) is 21.1 Å². The molecule has 1 N–H and O–H groups in total. The summed E-state index contributed by atoms with van der Waals surface area (Å²) in [5, 5.41) is 12.0. The summed E-state index contributed by atoms with van der Waals surface area (Å²) >= 11 is 6.19. The van der Waals surface area contributed by atoms with Crippen LogP contribution in [0.25, 0.3) is 5.65 Å². The molecule has 1 atom stereocenters. The number of hydrogen-bond donors (Lipinski definition) is 1. The zero-order chi connectivity index (χ0) is 19.1. The normalized spacial score (nSPS) is 18.5. The van der Waals surface area contributed by atoms with Crippen molar-refractivity contribution in [2.24, 2.45) is 5.92 Å². The number of nitrogens with one attached hydrogen (secondary N) is 1. The summed E-state index contributed by atoms with van der Waals surface area (Å²) in [6.45, 7) is 1.60. The molecule has 4 heterocycles. The van der Waals surface area contributed by atoms with Gasteiger partial charge in [0.25, 0.3) is 0 Å². The number of nitrogens with zero attached hydrogens (tertiary/aromatic N) is 4. The Morgan fingerprint density at radius 1 is 1.21 bits per heavy atom. The number of pyridine rings is 1. The largest absolute Gasteiger partial charge is 0.454 e. The number of amides is 1. The van der Waals surface area contributed by atoms with Gasteiger partial charge in [-0.3, -0.25) is 9.20 Å². The summed E-state index contributed by atoms with van der Waals surface area (Å²) in [4.78, 5) is 14.9. The highest BCUT2D eigenvalue weighted by molar-refractivity contribution is 6.33. The monoisotopic (exact) mass is 399 g/mol. The second kappa shape index (κ2) is 6.87. The third kappa shape index (κ3) is 2.99. The van der Waals surface area contributed by atoms with Gasteiger partial charge in [0, 0.05) is 31.0 Å². The molecule has 1 amide bonds. The molecule has 9 heteroatoms. The van der Waals surface area contributed by atoms with E-state index in [0.29, 0.717) is 40.3 Å². The average Bonchev–Trinajstić information content (AvgIpc) is 3.35. The van der Waals surface area contributed by atoms with Gasteiger partial charge in [0.1, 0.15) is 0 Å². The van der Waals surface area contributed by atoms with Crippen molar-refractivity contribution in [3.8, 4) is 11.5 Å². The molecule has 0 spiro atoms. The Labute approximate surface area is 166 Å². The van der Waals surface area contributed by atoms with Crippen molar-refractivity contribution in [3.63, 3.8) is 0 Å². The second-order valence-electron chi connectivity index (χ2n) is 6.89. The van der Waals surface area contributed by atoms with Gasteiger partial charge in [-0.05, 0) is 37.1 Å². The van der Waals surface area contributed by atoms with Crippen LogP contribution in [-0.4, -0.2) is 40.4 Å². The molecule has 1 saturated heterocycles. The zero-order valence-corrected chi connectivity index (χ0v) is 15.7. The Morgan fingerprint density at radius 3 is 3.04 bits per heavy atom. The molecule has 144 valence electrons. The van der Waals surface area contributed by atoms with Crippen LogP contribution in [0.1, 0.15) is 12.8 Å². The molecule has 0 aliphatic carbocycles. The molecule has 2 aliphatic rings. The lowest BCUT2D eigenvalue weighted by molar-refractivity contribution is -0.120. The van der Waals surface area contributed by atoms with Crippen LogP contribution in [0.4, 0.5) is 11.6 Å². The standard InChI is InChI=1S/C19H18ClN5O3/c20-14-4-2-8-25-17(14)22-23-19(25)24-7-1-3-12(10-24)18(26)21-13-5-6-15-16(9-13)28-11-27-15/h2,4-6,8-9,12H,1,3,7,10-11H2,(H,21,26). The van der Waals surface area contributed by atoms with Crippen LogP contribution < -0.4 is 19.7 Å². The van der Waals surface area contributed by atoms with Crippen molar-refractivity contribution < 1.29 is 14.3 Å². The van der Waals surface area contributed by atoms with E-state index in [-0.39, 0.29) is 18.6 Å². The number of halogens is 1. The molecule has 0 saturated carbocycles. The van der Waals surface area contributed by atoms with Gasteiger partial charge in [-0.15, -0.1) is 10.2 Å². The number of aromatic nitrogens is 3. The van der Waals surface area contributed by atoms with Crippen molar-refractivity contribution in [2.45, 2.75) is 12.8 Å². The maximum Gasteiger partial charge on any atom is 0.231 e. The van der Waals surface area contributed by atoms with Crippen LogP contribution in [0.15, 0.2) is 36.5 Å². The first-order valence-electron chi connectivity index (χ1n) is 9.14. The van der Waals surface area contributed by atoms with E-state index >= 15 is 0 Å². The topological polar surface area (TPSA) is 81.0 Å². The van der Waals surface area contributed by atoms with Crippen LogP contribution in [0, 0.1) is 5.92 Å². The highest BCUT2D eigenvalue weighted by Crippen LogP contribution is 2.34. The van der Waals surface area contributed by atoms with E-state index in [1.54, 1.807) is 18.2 Å². The number of ether oxygens (including phenoxy) is 2. The summed E-state index contributed by atoms with van der Waals surface area (Å²) in [6.07, 6.45) is 3.60. The molecule has 5 rings (SSSR count). The van der Waals surface area contributed by atoms with Crippen LogP contribution in [0.3, 0.4) is 0 Å². The number of rotatable bonds is 3. The maximum absolute atomic E-state index is 12.8. The molecule has 8 nitrogen and oxygen atoms in total. The van der Waals surface area contributed by atoms with Gasteiger partial charge in [0.05, 0.1) is 10.9 Å². The van der Waals surface area contributed by atoms with Crippen LogP contribution in [-0.2, 0) is 4.79 Å². The smallest absolute Gasteiger partial charge is 0.231 e. The first kappa shape index (κ1) is 17.1. The van der Waals surface area contributed by atoms with E-state index < -0.39 is 0 Å². The third-order valence-electron chi connectivity index (χ3n) is 5.08. The summed E-state index contributed by atoms with van der Waals surface area (Å²) in [6, 6.07) is 9.05. The van der Waals surface area contributed by atoms with Crippen molar-refractivity contribution in [1.29, 1.82) is 0 Å². The number of carbonyl (C=O) groups is 1. The van der Waals surface area contributed by atoms with Crippen molar-refractivity contribution >= 4 is 34.8 Å². The predicted octanol–water partition coefficient (Wildman–Crippen LogP) is 2.97. The van der Waals surface area contributed by atoms with Gasteiger partial charge >= 0.3 is 0 Å². The molecule has 0 bridgehead atoms. The van der Waals surface area contributed by atoms with Crippen LogP contribution in [0.2, 0.25) is 5.02 Å². The van der Waals surface area contributed by atoms with E-state index in [1.165, 1.54) is 0 Å². The van der Waals surface area contributed by atoms with Crippen molar-refractivity contribution in [1.82, 2.24) is 14.6 Å². The molecule has 28 heavy (non-hydrogen) atoms. The highest BCUT2D eigenvalue weighted by atomic mass is 35.5. The number of fused-ring (bicyclic) bond motifs is 2. The third-order valence-corrected chi connectivity index (χ3v) is 5.38. The van der Waals surface area contributed by atoms with E-state index in [2.05, 4.69) is 20.4 Å². The van der Waals surface area contributed by atoms with Gasteiger partial charge in [0.2, 0.25) is 18.6 Å². The van der Waals surface area contributed by atoms with E-state index in [9.17, 15) is 4.79 Å². The quantitative estimate of drug-likeness (QED) is 0.729. The lowest BCUT2D eigenvalue weighted by atomic mass is 9.97. The Hall–Kier alpha value is -3.00. The van der Waals surface area contributed by atoms with E-state index in [0.717, 1.165) is 19.4 Å². The zero-order valence-electron chi connectivity index (χ0n) is 15.0. The van der Waals surface area contributed by atoms with Crippen LogP contribution in [0.5, 0.6) is 11.5 Å². The minimum atomic E-state index is -0.147. The number of hydrogen-bond acceptors (Lipinski definition) is 6. The SMILES string of the molecule is O=C(Nc1ccc2c(c1)OCO2)C1CCCN(c2nnc3c(Cl)cccn23)C1. The van der Waals surface area contributed by atoms with Gasteiger partial charge in [-0.1, -0.05) is 11.6 Å². The first-order valence-corrected chi connectivity index (χ1v) is 9.51. The number of piperidine rings is 1. The summed E-state index contributed by atoms with van der Waals surface area (Å²) in [7, 11) is 0. The Morgan fingerprint density at radius 2 is 2.11 bits per heavy atom. The first-order chi connectivity index (χ1) is 13.7. The summed E-state index contributed by atoms with van der Waals surface area (Å²) in [5.74, 6) is 1.88. The second-order valence-corrected chi connectivity index (χ2v) is 7.30. The predicted molar refractivity (Wildman–Crippen MR) is 104 cm³/mol. The molecule has 0 radical (unpaired) electrons. The maximum atomic E-state index is 12.8. The van der Waals surface area contributed by atoms with Gasteiger partial charge < -0.3 is 19.7 Å². The molecule has 3 aromatic rings. The summed E-state index contributed by atoms with van der Waals surface area (Å²) < 4.78 is 12.5. The highest BCUT2D eigenvalue weighted by Gasteiger charge is 2.28. The number of carbonyl (C=O) groups excluding carboxylic acids is 1. The summed E-state index contributed by atoms with van der Waals surface area (Å²) in [5.41, 5.74) is 1.32. The van der Waals surface area contributed by atoms with Gasteiger partial charge in [-0.2, -0.15) is 0 Å². The minimum absolute atomic E-state index is 0.0181.